The molecule has 0 unspecified atom stereocenters. The normalized spacial score (nSPS) is 21.2. The predicted molar refractivity (Wildman–Crippen MR) is 92.9 cm³/mol. The summed E-state index contributed by atoms with van der Waals surface area (Å²) in [7, 11) is -3.82. The third-order valence-corrected chi connectivity index (χ3v) is 6.43. The van der Waals surface area contributed by atoms with Gasteiger partial charge in [0.1, 0.15) is 0 Å². The standard InChI is InChI=1S/C19H21NO3S/c1-14-8-10-17(11-9-14)24(22,23)20-18(15(2)12-19(20)21)13-16-6-4-3-5-7-16/h3-11,15,18H,12-13H2,1-2H3/t15-,18+/m1/s1. The fourth-order valence-corrected chi connectivity index (χ4v) is 4.88. The maximum atomic E-state index is 13.0. The molecule has 1 amide bonds. The van der Waals surface area contributed by atoms with E-state index in [1.807, 2.05) is 44.2 Å². The molecule has 1 fully saturated rings. The first kappa shape index (κ1) is 16.7. The molecule has 1 heterocycles. The van der Waals surface area contributed by atoms with E-state index in [0.717, 1.165) is 15.4 Å². The van der Waals surface area contributed by atoms with Crippen LogP contribution in [-0.2, 0) is 21.2 Å². The van der Waals surface area contributed by atoms with Crippen LogP contribution in [0.5, 0.6) is 0 Å². The van der Waals surface area contributed by atoms with Crippen molar-refractivity contribution in [3.05, 3.63) is 65.7 Å². The van der Waals surface area contributed by atoms with Crippen LogP contribution >= 0.6 is 0 Å². The van der Waals surface area contributed by atoms with Gasteiger partial charge < -0.3 is 0 Å². The van der Waals surface area contributed by atoms with Crippen LogP contribution in [0, 0.1) is 12.8 Å². The Kier molecular flexibility index (Phi) is 4.45. The first-order valence-corrected chi connectivity index (χ1v) is 9.51. The van der Waals surface area contributed by atoms with Crippen molar-refractivity contribution >= 4 is 15.9 Å². The molecule has 4 nitrogen and oxygen atoms in total. The molecule has 0 bridgehead atoms. The summed E-state index contributed by atoms with van der Waals surface area (Å²) in [5, 5.41) is 0. The zero-order chi connectivity index (χ0) is 17.3. The number of hydrogen-bond acceptors (Lipinski definition) is 3. The Labute approximate surface area is 143 Å². The highest BCUT2D eigenvalue weighted by Gasteiger charge is 2.44. The Bertz CT molecular complexity index is 829. The van der Waals surface area contributed by atoms with Crippen LogP contribution in [0.3, 0.4) is 0 Å². The molecule has 126 valence electrons. The van der Waals surface area contributed by atoms with E-state index in [1.165, 1.54) is 0 Å². The summed E-state index contributed by atoms with van der Waals surface area (Å²) in [6.45, 7) is 3.84. The van der Waals surface area contributed by atoms with Crippen molar-refractivity contribution in [3.8, 4) is 0 Å². The van der Waals surface area contributed by atoms with E-state index in [4.69, 9.17) is 0 Å². The second kappa shape index (κ2) is 6.40. The Morgan fingerprint density at radius 3 is 2.29 bits per heavy atom. The number of sulfonamides is 1. The molecule has 0 aliphatic carbocycles. The second-order valence-corrected chi connectivity index (χ2v) is 8.26. The van der Waals surface area contributed by atoms with Gasteiger partial charge in [-0.05, 0) is 37.0 Å². The van der Waals surface area contributed by atoms with Crippen LogP contribution in [0.4, 0.5) is 0 Å². The van der Waals surface area contributed by atoms with Crippen molar-refractivity contribution in [3.63, 3.8) is 0 Å². The van der Waals surface area contributed by atoms with Gasteiger partial charge in [0.15, 0.2) is 0 Å². The van der Waals surface area contributed by atoms with Crippen molar-refractivity contribution in [2.24, 2.45) is 5.92 Å². The zero-order valence-electron chi connectivity index (χ0n) is 13.8. The van der Waals surface area contributed by atoms with Gasteiger partial charge in [0, 0.05) is 6.42 Å². The molecule has 2 aromatic rings. The average molecular weight is 343 g/mol. The summed E-state index contributed by atoms with van der Waals surface area (Å²) >= 11 is 0. The van der Waals surface area contributed by atoms with Gasteiger partial charge in [-0.25, -0.2) is 12.7 Å². The van der Waals surface area contributed by atoms with Gasteiger partial charge in [0.05, 0.1) is 10.9 Å². The first-order valence-electron chi connectivity index (χ1n) is 8.07. The minimum Gasteiger partial charge on any atom is -0.274 e. The minimum atomic E-state index is -3.82. The number of aryl methyl sites for hydroxylation is 1. The number of rotatable bonds is 4. The Morgan fingerprint density at radius 1 is 1.04 bits per heavy atom. The van der Waals surface area contributed by atoms with Gasteiger partial charge >= 0.3 is 0 Å². The highest BCUT2D eigenvalue weighted by Crippen LogP contribution is 2.33. The molecule has 1 aliphatic heterocycles. The number of carbonyl (C=O) groups is 1. The summed E-state index contributed by atoms with van der Waals surface area (Å²) < 4.78 is 27.1. The van der Waals surface area contributed by atoms with E-state index < -0.39 is 10.0 Å². The van der Waals surface area contributed by atoms with Gasteiger partial charge in [0.2, 0.25) is 5.91 Å². The molecule has 0 spiro atoms. The third-order valence-electron chi connectivity index (χ3n) is 4.57. The van der Waals surface area contributed by atoms with Gasteiger partial charge in [-0.2, -0.15) is 0 Å². The molecule has 24 heavy (non-hydrogen) atoms. The summed E-state index contributed by atoms with van der Waals surface area (Å²) in [6.07, 6.45) is 0.807. The van der Waals surface area contributed by atoms with Crippen LogP contribution in [0.2, 0.25) is 0 Å². The third kappa shape index (κ3) is 3.08. The van der Waals surface area contributed by atoms with Crippen LogP contribution in [0.1, 0.15) is 24.5 Å². The molecule has 3 rings (SSSR count). The van der Waals surface area contributed by atoms with E-state index in [1.54, 1.807) is 24.3 Å². The fourth-order valence-electron chi connectivity index (χ4n) is 3.19. The highest BCUT2D eigenvalue weighted by atomic mass is 32.2. The Hall–Kier alpha value is -2.14. The SMILES string of the molecule is Cc1ccc(S(=O)(=O)N2C(=O)C[C@@H](C)[C@@H]2Cc2ccccc2)cc1. The van der Waals surface area contributed by atoms with Crippen molar-refractivity contribution in [2.75, 3.05) is 0 Å². The lowest BCUT2D eigenvalue weighted by Crippen LogP contribution is -2.41. The van der Waals surface area contributed by atoms with E-state index in [2.05, 4.69) is 0 Å². The maximum Gasteiger partial charge on any atom is 0.266 e. The van der Waals surface area contributed by atoms with Gasteiger partial charge in [-0.1, -0.05) is 55.0 Å². The lowest BCUT2D eigenvalue weighted by Gasteiger charge is -2.26. The number of amides is 1. The molecule has 0 aromatic heterocycles. The number of nitrogens with zero attached hydrogens (tertiary/aromatic N) is 1. The quantitative estimate of drug-likeness (QED) is 0.857. The number of carbonyl (C=O) groups excluding carboxylic acids is 1. The molecule has 2 atom stereocenters. The van der Waals surface area contributed by atoms with Crippen molar-refractivity contribution in [2.45, 2.75) is 37.6 Å². The number of benzene rings is 2. The lowest BCUT2D eigenvalue weighted by molar-refractivity contribution is -0.124. The monoisotopic (exact) mass is 343 g/mol. The lowest BCUT2D eigenvalue weighted by atomic mass is 9.96. The summed E-state index contributed by atoms with van der Waals surface area (Å²) in [4.78, 5) is 12.6. The second-order valence-electron chi connectivity index (χ2n) is 6.45. The zero-order valence-corrected chi connectivity index (χ0v) is 14.7. The van der Waals surface area contributed by atoms with Crippen LogP contribution in [0.15, 0.2) is 59.5 Å². The van der Waals surface area contributed by atoms with Crippen LogP contribution < -0.4 is 0 Å². The van der Waals surface area contributed by atoms with Crippen LogP contribution in [0.25, 0.3) is 0 Å². The molecule has 1 saturated heterocycles. The predicted octanol–water partition coefficient (Wildman–Crippen LogP) is 3.16. The highest BCUT2D eigenvalue weighted by molar-refractivity contribution is 7.89. The number of hydrogen-bond donors (Lipinski definition) is 0. The summed E-state index contributed by atoms with van der Waals surface area (Å²) in [5.74, 6) is -0.318. The minimum absolute atomic E-state index is 0.00192. The van der Waals surface area contributed by atoms with Gasteiger partial charge in [-0.3, -0.25) is 4.79 Å². The first-order chi connectivity index (χ1) is 11.4. The van der Waals surface area contributed by atoms with Crippen molar-refractivity contribution < 1.29 is 13.2 Å². The topological polar surface area (TPSA) is 54.5 Å². The largest absolute Gasteiger partial charge is 0.274 e. The average Bonchev–Trinajstić information content (AvgIpc) is 2.83. The van der Waals surface area contributed by atoms with E-state index in [0.29, 0.717) is 6.42 Å². The molecular weight excluding hydrogens is 322 g/mol. The Morgan fingerprint density at radius 2 is 1.67 bits per heavy atom. The molecule has 5 heteroatoms. The summed E-state index contributed by atoms with van der Waals surface area (Å²) in [5.41, 5.74) is 2.02. The molecule has 0 saturated carbocycles. The fraction of sp³-hybridized carbons (Fsp3) is 0.316. The van der Waals surface area contributed by atoms with Crippen LogP contribution in [-0.4, -0.2) is 24.7 Å². The van der Waals surface area contributed by atoms with Crippen molar-refractivity contribution in [1.82, 2.24) is 4.31 Å². The molecule has 0 radical (unpaired) electrons. The van der Waals surface area contributed by atoms with E-state index in [-0.39, 0.29) is 29.2 Å². The maximum absolute atomic E-state index is 13.0. The van der Waals surface area contributed by atoms with Gasteiger partial charge in [-0.15, -0.1) is 0 Å². The van der Waals surface area contributed by atoms with Crippen molar-refractivity contribution in [1.29, 1.82) is 0 Å². The molecule has 1 aliphatic rings. The molecule has 0 N–H and O–H groups in total. The van der Waals surface area contributed by atoms with E-state index in [9.17, 15) is 13.2 Å². The van der Waals surface area contributed by atoms with Gasteiger partial charge in [0.25, 0.3) is 10.0 Å². The summed E-state index contributed by atoms with van der Waals surface area (Å²) in [6, 6.07) is 16.0. The molecule has 2 aromatic carbocycles. The Balaban J connectivity index is 1.96. The van der Waals surface area contributed by atoms with E-state index >= 15 is 0 Å². The molecular formula is C19H21NO3S. The smallest absolute Gasteiger partial charge is 0.266 e.